The van der Waals surface area contributed by atoms with Gasteiger partial charge in [-0.15, -0.1) is 0 Å². The highest BCUT2D eigenvalue weighted by molar-refractivity contribution is 5.52. The molecule has 2 bridgehead atoms. The summed E-state index contributed by atoms with van der Waals surface area (Å²) in [6.07, 6.45) is 22.9. The molecule has 3 saturated carbocycles. The lowest BCUT2D eigenvalue weighted by molar-refractivity contribution is 0.0145. The van der Waals surface area contributed by atoms with Gasteiger partial charge in [0.05, 0.1) is 6.61 Å². The summed E-state index contributed by atoms with van der Waals surface area (Å²) >= 11 is 0. The molecule has 0 unspecified atom stereocenters. The molecule has 4 rings (SSSR count). The highest BCUT2D eigenvalue weighted by Crippen LogP contribution is 2.59. The van der Waals surface area contributed by atoms with Crippen molar-refractivity contribution in [3.63, 3.8) is 0 Å². The van der Waals surface area contributed by atoms with E-state index in [9.17, 15) is 0 Å². The number of fused-ring (bicyclic) bond motifs is 3. The van der Waals surface area contributed by atoms with Gasteiger partial charge in [0.15, 0.2) is 0 Å². The Bertz CT molecular complexity index is 583. The number of rotatable bonds is 9. The van der Waals surface area contributed by atoms with Crippen molar-refractivity contribution in [2.24, 2.45) is 10.8 Å². The highest BCUT2D eigenvalue weighted by atomic mass is 16.5. The van der Waals surface area contributed by atoms with Crippen LogP contribution in [0.1, 0.15) is 83.6 Å². The van der Waals surface area contributed by atoms with E-state index in [1.54, 1.807) is 0 Å². The van der Waals surface area contributed by atoms with Gasteiger partial charge in [0.25, 0.3) is 0 Å². The summed E-state index contributed by atoms with van der Waals surface area (Å²) in [5.41, 5.74) is 2.45. The first-order valence-electron chi connectivity index (χ1n) is 10.8. The van der Waals surface area contributed by atoms with Crippen molar-refractivity contribution in [3.05, 3.63) is 48.1 Å². The summed E-state index contributed by atoms with van der Waals surface area (Å²) < 4.78 is 5.73. The van der Waals surface area contributed by atoms with Crippen LogP contribution in [0.4, 0.5) is 0 Å². The Hall–Kier alpha value is -1.50. The van der Waals surface area contributed by atoms with Gasteiger partial charge in [0, 0.05) is 0 Å². The van der Waals surface area contributed by atoms with Gasteiger partial charge in [-0.05, 0) is 79.9 Å². The summed E-state index contributed by atoms with van der Waals surface area (Å²) in [5, 5.41) is 0. The fraction of sp³-hybridized carbons (Fsp3) is 0.600. The van der Waals surface area contributed by atoms with Gasteiger partial charge in [-0.3, -0.25) is 0 Å². The van der Waals surface area contributed by atoms with Crippen LogP contribution in [-0.2, 0) is 0 Å². The number of allylic oxidation sites excluding steroid dienone is 3. The van der Waals surface area contributed by atoms with Crippen LogP contribution in [-0.4, -0.2) is 6.61 Å². The van der Waals surface area contributed by atoms with Crippen molar-refractivity contribution in [2.45, 2.75) is 78.1 Å². The molecule has 0 spiro atoms. The average molecular weight is 353 g/mol. The van der Waals surface area contributed by atoms with E-state index in [-0.39, 0.29) is 0 Å². The minimum absolute atomic E-state index is 0.497. The van der Waals surface area contributed by atoms with Crippen LogP contribution >= 0.6 is 0 Å². The molecule has 3 aliphatic rings. The van der Waals surface area contributed by atoms with Crippen LogP contribution in [0, 0.1) is 10.8 Å². The molecule has 3 fully saturated rings. The molecule has 0 saturated heterocycles. The van der Waals surface area contributed by atoms with Crippen LogP contribution in [0.2, 0.25) is 0 Å². The van der Waals surface area contributed by atoms with Gasteiger partial charge in [-0.1, -0.05) is 63.1 Å². The maximum atomic E-state index is 5.73. The third kappa shape index (κ3) is 4.81. The molecule has 0 aromatic heterocycles. The van der Waals surface area contributed by atoms with Gasteiger partial charge in [0.1, 0.15) is 5.75 Å². The SMILES string of the molecule is CCCCOc1ccc(C=CC=CC23CCC(CCC)(CC2)CC3)cc1. The average Bonchev–Trinajstić information content (AvgIpc) is 2.68. The number of hydrogen-bond donors (Lipinski definition) is 0. The second-order valence-electron chi connectivity index (χ2n) is 8.60. The normalized spacial score (nSPS) is 28.2. The first-order valence-corrected chi connectivity index (χ1v) is 10.8. The zero-order valence-corrected chi connectivity index (χ0v) is 16.8. The molecule has 0 amide bonds. The van der Waals surface area contributed by atoms with E-state index >= 15 is 0 Å². The molecule has 1 aromatic carbocycles. The maximum Gasteiger partial charge on any atom is 0.119 e. The molecule has 142 valence electrons. The van der Waals surface area contributed by atoms with Crippen LogP contribution in [0.3, 0.4) is 0 Å². The van der Waals surface area contributed by atoms with E-state index in [1.165, 1.54) is 63.4 Å². The van der Waals surface area contributed by atoms with Crippen molar-refractivity contribution < 1.29 is 4.74 Å². The van der Waals surface area contributed by atoms with Gasteiger partial charge >= 0.3 is 0 Å². The summed E-state index contributed by atoms with van der Waals surface area (Å²) in [6.45, 7) is 5.35. The predicted molar refractivity (Wildman–Crippen MR) is 112 cm³/mol. The Morgan fingerprint density at radius 1 is 0.885 bits per heavy atom. The molecule has 3 aliphatic carbocycles. The van der Waals surface area contributed by atoms with Gasteiger partial charge in [-0.2, -0.15) is 0 Å². The molecule has 0 heterocycles. The van der Waals surface area contributed by atoms with E-state index < -0.39 is 0 Å². The monoisotopic (exact) mass is 352 g/mol. The number of unbranched alkanes of at least 4 members (excludes halogenated alkanes) is 1. The molecular formula is C25H36O. The zero-order chi connectivity index (χ0) is 18.3. The molecule has 1 nitrogen and oxygen atoms in total. The fourth-order valence-electron chi connectivity index (χ4n) is 4.88. The molecule has 26 heavy (non-hydrogen) atoms. The minimum Gasteiger partial charge on any atom is -0.494 e. The first kappa shape index (κ1) is 19.3. The molecule has 0 radical (unpaired) electrons. The first-order chi connectivity index (χ1) is 12.7. The lowest BCUT2D eigenvalue weighted by atomic mass is 9.52. The molecule has 1 aromatic rings. The van der Waals surface area contributed by atoms with Crippen LogP contribution in [0.5, 0.6) is 5.75 Å². The summed E-state index contributed by atoms with van der Waals surface area (Å²) in [4.78, 5) is 0. The standard InChI is InChI=1S/C25H36O/c1-3-5-21-26-23-11-9-22(10-12-23)8-6-7-14-25-18-15-24(13-4-2,16-19-25)17-20-25/h6-12,14H,3-5,13,15-21H2,1-2H3. The van der Waals surface area contributed by atoms with Gasteiger partial charge < -0.3 is 4.74 Å². The minimum atomic E-state index is 0.497. The van der Waals surface area contributed by atoms with Crippen molar-refractivity contribution in [2.75, 3.05) is 6.61 Å². The van der Waals surface area contributed by atoms with E-state index in [2.05, 4.69) is 62.4 Å². The molecule has 0 atom stereocenters. The van der Waals surface area contributed by atoms with E-state index in [1.807, 2.05) is 0 Å². The Morgan fingerprint density at radius 2 is 1.58 bits per heavy atom. The van der Waals surface area contributed by atoms with E-state index in [0.717, 1.165) is 18.8 Å². The predicted octanol–water partition coefficient (Wildman–Crippen LogP) is 7.58. The lowest BCUT2D eigenvalue weighted by Gasteiger charge is -2.52. The molecule has 0 aliphatic heterocycles. The third-order valence-corrected chi connectivity index (χ3v) is 6.74. The fourth-order valence-corrected chi connectivity index (χ4v) is 4.88. The summed E-state index contributed by atoms with van der Waals surface area (Å²) in [5.74, 6) is 0.977. The molecular weight excluding hydrogens is 316 g/mol. The van der Waals surface area contributed by atoms with Crippen LogP contribution in [0.25, 0.3) is 6.08 Å². The Balaban J connectivity index is 1.49. The Labute approximate surface area is 160 Å². The number of hydrogen-bond acceptors (Lipinski definition) is 1. The third-order valence-electron chi connectivity index (χ3n) is 6.74. The Morgan fingerprint density at radius 3 is 2.19 bits per heavy atom. The second kappa shape index (κ2) is 8.93. The highest BCUT2D eigenvalue weighted by Gasteiger charge is 2.46. The van der Waals surface area contributed by atoms with Crippen molar-refractivity contribution in [1.82, 2.24) is 0 Å². The van der Waals surface area contributed by atoms with Gasteiger partial charge in [-0.25, -0.2) is 0 Å². The van der Waals surface area contributed by atoms with Crippen molar-refractivity contribution >= 4 is 6.08 Å². The smallest absolute Gasteiger partial charge is 0.119 e. The van der Waals surface area contributed by atoms with E-state index in [0.29, 0.717) is 10.8 Å². The van der Waals surface area contributed by atoms with Crippen LogP contribution < -0.4 is 4.74 Å². The topological polar surface area (TPSA) is 9.23 Å². The Kier molecular flexibility index (Phi) is 6.62. The maximum absolute atomic E-state index is 5.73. The summed E-state index contributed by atoms with van der Waals surface area (Å²) in [6, 6.07) is 8.44. The summed E-state index contributed by atoms with van der Waals surface area (Å²) in [7, 11) is 0. The second-order valence-corrected chi connectivity index (χ2v) is 8.60. The zero-order valence-electron chi connectivity index (χ0n) is 16.8. The van der Waals surface area contributed by atoms with Crippen molar-refractivity contribution in [1.29, 1.82) is 0 Å². The number of ether oxygens (including phenoxy) is 1. The molecule has 0 N–H and O–H groups in total. The molecule has 1 heteroatoms. The van der Waals surface area contributed by atoms with Crippen molar-refractivity contribution in [3.8, 4) is 5.75 Å². The van der Waals surface area contributed by atoms with Crippen LogP contribution in [0.15, 0.2) is 42.5 Å². The quantitative estimate of drug-likeness (QED) is 0.329. The largest absolute Gasteiger partial charge is 0.494 e. The number of benzene rings is 1. The van der Waals surface area contributed by atoms with Gasteiger partial charge in [0.2, 0.25) is 0 Å². The van der Waals surface area contributed by atoms with E-state index in [4.69, 9.17) is 4.74 Å². The lowest BCUT2D eigenvalue weighted by Crippen LogP contribution is -2.40.